The van der Waals surface area contributed by atoms with Crippen molar-refractivity contribution in [2.24, 2.45) is 5.73 Å². The van der Waals surface area contributed by atoms with Crippen molar-refractivity contribution in [3.05, 3.63) is 34.9 Å². The van der Waals surface area contributed by atoms with Crippen LogP contribution in [0.4, 0.5) is 0 Å². The van der Waals surface area contributed by atoms with Gasteiger partial charge in [0, 0.05) is 11.1 Å². The number of benzene rings is 1. The van der Waals surface area contributed by atoms with Crippen molar-refractivity contribution < 1.29 is 4.79 Å². The maximum Gasteiger partial charge on any atom is 0.237 e. The average molecular weight is 269 g/mol. The molecule has 0 aromatic heterocycles. The van der Waals surface area contributed by atoms with E-state index in [1.165, 1.54) is 0 Å². The number of carbonyl (C=O) groups is 1. The second-order valence-corrected chi connectivity index (χ2v) is 5.39. The summed E-state index contributed by atoms with van der Waals surface area (Å²) in [5.74, 6) is -0.335. The summed E-state index contributed by atoms with van der Waals surface area (Å²) in [5, 5.41) is 3.99. The van der Waals surface area contributed by atoms with Gasteiger partial charge in [0.15, 0.2) is 0 Å². The van der Waals surface area contributed by atoms with Gasteiger partial charge in [0.25, 0.3) is 0 Å². The Morgan fingerprint density at radius 3 is 2.44 bits per heavy atom. The molecule has 1 amide bonds. The van der Waals surface area contributed by atoms with Gasteiger partial charge >= 0.3 is 0 Å². The minimum absolute atomic E-state index is 0.245. The standard InChI is InChI=1S/C14H21ClN2O/c1-4-10(2)17-14(3,13(16)18)9-11-5-7-12(15)8-6-11/h5-8,10,17H,4,9H2,1-3H3,(H2,16,18). The van der Waals surface area contributed by atoms with Crippen LogP contribution in [-0.2, 0) is 11.2 Å². The Hall–Kier alpha value is -1.06. The Morgan fingerprint density at radius 2 is 2.00 bits per heavy atom. The molecule has 0 bridgehead atoms. The molecule has 2 atom stereocenters. The van der Waals surface area contributed by atoms with Gasteiger partial charge in [0.2, 0.25) is 5.91 Å². The van der Waals surface area contributed by atoms with E-state index >= 15 is 0 Å². The highest BCUT2D eigenvalue weighted by Crippen LogP contribution is 2.17. The van der Waals surface area contributed by atoms with Crippen molar-refractivity contribution in [3.63, 3.8) is 0 Å². The summed E-state index contributed by atoms with van der Waals surface area (Å²) in [4.78, 5) is 11.7. The van der Waals surface area contributed by atoms with Crippen LogP contribution in [0.1, 0.15) is 32.8 Å². The van der Waals surface area contributed by atoms with E-state index in [0.29, 0.717) is 11.4 Å². The molecule has 0 aliphatic rings. The van der Waals surface area contributed by atoms with Gasteiger partial charge in [-0.1, -0.05) is 30.7 Å². The van der Waals surface area contributed by atoms with Crippen LogP contribution in [0.3, 0.4) is 0 Å². The Balaban J connectivity index is 2.85. The van der Waals surface area contributed by atoms with Crippen LogP contribution in [0.2, 0.25) is 5.02 Å². The molecular weight excluding hydrogens is 248 g/mol. The van der Waals surface area contributed by atoms with Gasteiger partial charge < -0.3 is 11.1 Å². The molecule has 100 valence electrons. The molecule has 4 heteroatoms. The van der Waals surface area contributed by atoms with Crippen LogP contribution in [0, 0.1) is 0 Å². The minimum atomic E-state index is -0.733. The van der Waals surface area contributed by atoms with Crippen molar-refractivity contribution in [3.8, 4) is 0 Å². The Bertz CT molecular complexity index is 405. The summed E-state index contributed by atoms with van der Waals surface area (Å²) in [6.45, 7) is 5.96. The average Bonchev–Trinajstić information content (AvgIpc) is 2.31. The van der Waals surface area contributed by atoms with Crippen molar-refractivity contribution in [1.29, 1.82) is 0 Å². The molecular formula is C14H21ClN2O. The molecule has 1 aromatic rings. The Labute approximate surface area is 114 Å². The molecule has 1 rings (SSSR count). The predicted molar refractivity (Wildman–Crippen MR) is 75.6 cm³/mol. The van der Waals surface area contributed by atoms with Gasteiger partial charge in [0.05, 0.1) is 5.54 Å². The van der Waals surface area contributed by atoms with Crippen LogP contribution < -0.4 is 11.1 Å². The second kappa shape index (κ2) is 6.21. The lowest BCUT2D eigenvalue weighted by atomic mass is 9.91. The van der Waals surface area contributed by atoms with Gasteiger partial charge in [-0.2, -0.15) is 0 Å². The molecule has 3 N–H and O–H groups in total. The highest BCUT2D eigenvalue weighted by Gasteiger charge is 2.32. The lowest BCUT2D eigenvalue weighted by Gasteiger charge is -2.31. The van der Waals surface area contributed by atoms with Gasteiger partial charge in [-0.15, -0.1) is 0 Å². The quantitative estimate of drug-likeness (QED) is 0.833. The third kappa shape index (κ3) is 4.00. The smallest absolute Gasteiger partial charge is 0.237 e. The molecule has 0 saturated heterocycles. The molecule has 0 radical (unpaired) electrons. The number of hydrogen-bond acceptors (Lipinski definition) is 2. The molecule has 2 unspecified atom stereocenters. The lowest BCUT2D eigenvalue weighted by molar-refractivity contribution is -0.124. The van der Waals surface area contributed by atoms with Gasteiger partial charge in [-0.25, -0.2) is 0 Å². The van der Waals surface area contributed by atoms with E-state index in [1.807, 2.05) is 38.1 Å². The molecule has 18 heavy (non-hydrogen) atoms. The maximum atomic E-state index is 11.7. The highest BCUT2D eigenvalue weighted by atomic mass is 35.5. The molecule has 1 aromatic carbocycles. The number of halogens is 1. The van der Waals surface area contributed by atoms with E-state index in [0.717, 1.165) is 12.0 Å². The predicted octanol–water partition coefficient (Wildman–Crippen LogP) is 2.51. The summed E-state index contributed by atoms with van der Waals surface area (Å²) in [6.07, 6.45) is 1.51. The van der Waals surface area contributed by atoms with Gasteiger partial charge in [-0.3, -0.25) is 4.79 Å². The molecule has 0 saturated carbocycles. The second-order valence-electron chi connectivity index (χ2n) is 4.95. The molecule has 0 spiro atoms. The molecule has 0 fully saturated rings. The molecule has 0 aliphatic carbocycles. The number of carbonyl (C=O) groups excluding carboxylic acids is 1. The fourth-order valence-corrected chi connectivity index (χ4v) is 1.99. The van der Waals surface area contributed by atoms with Gasteiger partial charge in [0.1, 0.15) is 0 Å². The van der Waals surface area contributed by atoms with Crippen LogP contribution >= 0.6 is 11.6 Å². The third-order valence-electron chi connectivity index (χ3n) is 3.19. The minimum Gasteiger partial charge on any atom is -0.368 e. The summed E-state index contributed by atoms with van der Waals surface area (Å²) in [7, 11) is 0. The largest absolute Gasteiger partial charge is 0.368 e. The first-order valence-electron chi connectivity index (χ1n) is 6.19. The van der Waals surface area contributed by atoms with E-state index in [9.17, 15) is 4.79 Å². The summed E-state index contributed by atoms with van der Waals surface area (Å²) in [5.41, 5.74) is 5.83. The van der Waals surface area contributed by atoms with Crippen LogP contribution in [0.5, 0.6) is 0 Å². The first-order chi connectivity index (χ1) is 8.37. The van der Waals surface area contributed by atoms with Crippen LogP contribution in [0.15, 0.2) is 24.3 Å². The normalized spacial score (nSPS) is 16.0. The summed E-state index contributed by atoms with van der Waals surface area (Å²) >= 11 is 5.84. The molecule has 0 aliphatic heterocycles. The Kier molecular flexibility index (Phi) is 5.17. The number of nitrogens with one attached hydrogen (secondary N) is 1. The topological polar surface area (TPSA) is 55.1 Å². The summed E-state index contributed by atoms with van der Waals surface area (Å²) < 4.78 is 0. The third-order valence-corrected chi connectivity index (χ3v) is 3.44. The molecule has 3 nitrogen and oxygen atoms in total. The number of primary amides is 1. The fraction of sp³-hybridized carbons (Fsp3) is 0.500. The first kappa shape index (κ1) is 15.0. The van der Waals surface area contributed by atoms with E-state index < -0.39 is 5.54 Å². The molecule has 0 heterocycles. The van der Waals surface area contributed by atoms with E-state index in [-0.39, 0.29) is 11.9 Å². The van der Waals surface area contributed by atoms with Crippen LogP contribution in [0.25, 0.3) is 0 Å². The lowest BCUT2D eigenvalue weighted by Crippen LogP contribution is -2.57. The fourth-order valence-electron chi connectivity index (χ4n) is 1.87. The van der Waals surface area contributed by atoms with E-state index in [1.54, 1.807) is 0 Å². The number of hydrogen-bond donors (Lipinski definition) is 2. The zero-order chi connectivity index (χ0) is 13.8. The monoisotopic (exact) mass is 268 g/mol. The van der Waals surface area contributed by atoms with Crippen molar-refractivity contribution in [2.75, 3.05) is 0 Å². The maximum absolute atomic E-state index is 11.7. The Morgan fingerprint density at radius 1 is 1.44 bits per heavy atom. The van der Waals surface area contributed by atoms with Crippen molar-refractivity contribution in [2.45, 2.75) is 45.2 Å². The number of nitrogens with two attached hydrogens (primary N) is 1. The number of amides is 1. The van der Waals surface area contributed by atoms with Crippen molar-refractivity contribution in [1.82, 2.24) is 5.32 Å². The van der Waals surface area contributed by atoms with Crippen LogP contribution in [-0.4, -0.2) is 17.5 Å². The van der Waals surface area contributed by atoms with E-state index in [4.69, 9.17) is 17.3 Å². The first-order valence-corrected chi connectivity index (χ1v) is 6.57. The van der Waals surface area contributed by atoms with Gasteiger partial charge in [-0.05, 0) is 44.4 Å². The van der Waals surface area contributed by atoms with E-state index in [2.05, 4.69) is 12.2 Å². The number of rotatable bonds is 6. The summed E-state index contributed by atoms with van der Waals surface area (Å²) in [6, 6.07) is 7.72. The highest BCUT2D eigenvalue weighted by molar-refractivity contribution is 6.30. The van der Waals surface area contributed by atoms with Crippen molar-refractivity contribution >= 4 is 17.5 Å². The SMILES string of the molecule is CCC(C)NC(C)(Cc1ccc(Cl)cc1)C(N)=O. The zero-order valence-corrected chi connectivity index (χ0v) is 11.9. The zero-order valence-electron chi connectivity index (χ0n) is 11.2.